The summed E-state index contributed by atoms with van der Waals surface area (Å²) >= 11 is 0. The Kier molecular flexibility index (Phi) is 6.27. The molecule has 0 aromatic heterocycles. The Morgan fingerprint density at radius 1 is 1.33 bits per heavy atom. The van der Waals surface area contributed by atoms with Crippen LogP contribution in [0.4, 0.5) is 5.69 Å². The average molecular weight is 353 g/mol. The maximum atomic E-state index is 12.5. The molecule has 0 aliphatic carbocycles. The molecule has 134 valence electrons. The first-order valence-electron chi connectivity index (χ1n) is 8.70. The third-order valence-corrected chi connectivity index (χ3v) is 6.44. The third kappa shape index (κ3) is 4.50. The first-order chi connectivity index (χ1) is 11.4. The van der Waals surface area contributed by atoms with Gasteiger partial charge in [0.15, 0.2) is 9.84 Å². The fraction of sp³-hybridized carbons (Fsp3) is 0.611. The number of nitrogens with one attached hydrogen (secondary N) is 1. The number of aryl methyl sites for hydroxylation is 2. The lowest BCUT2D eigenvalue weighted by atomic mass is 10.1. The summed E-state index contributed by atoms with van der Waals surface area (Å²) in [7, 11) is -2.97. The van der Waals surface area contributed by atoms with Gasteiger partial charge in [0.2, 0.25) is 5.91 Å². The number of sulfone groups is 1. The molecule has 1 aromatic rings. The number of carbonyl (C=O) groups is 1. The zero-order valence-electron chi connectivity index (χ0n) is 14.8. The van der Waals surface area contributed by atoms with Crippen LogP contribution in [0.2, 0.25) is 0 Å². The van der Waals surface area contributed by atoms with E-state index in [-0.39, 0.29) is 23.5 Å². The summed E-state index contributed by atoms with van der Waals surface area (Å²) in [6.07, 6.45) is 1.88. The molecule has 1 aliphatic rings. The number of hydrogen-bond donors (Lipinski definition) is 1. The number of rotatable bonds is 7. The van der Waals surface area contributed by atoms with Crippen LogP contribution in [0, 0.1) is 6.92 Å². The highest BCUT2D eigenvalue weighted by Gasteiger charge is 2.33. The summed E-state index contributed by atoms with van der Waals surface area (Å²) in [4.78, 5) is 14.2. The Bertz CT molecular complexity index is 686. The lowest BCUT2D eigenvalue weighted by Crippen LogP contribution is -2.41. The molecule has 24 heavy (non-hydrogen) atoms. The number of para-hydroxylation sites is 1. The minimum atomic E-state index is -2.97. The standard InChI is InChI=1S/C18H28N2O3S/c1-4-15-8-6-7-14(3)18(15)19-11-9-17(21)20(5-2)16-10-12-24(22,23)13-16/h6-8,16,19H,4-5,9-13H2,1-3H3. The summed E-state index contributed by atoms with van der Waals surface area (Å²) < 4.78 is 23.3. The van der Waals surface area contributed by atoms with E-state index in [4.69, 9.17) is 0 Å². The van der Waals surface area contributed by atoms with Gasteiger partial charge in [0, 0.05) is 31.2 Å². The van der Waals surface area contributed by atoms with Gasteiger partial charge in [-0.05, 0) is 37.8 Å². The van der Waals surface area contributed by atoms with Gasteiger partial charge in [-0.25, -0.2) is 8.42 Å². The predicted molar refractivity (Wildman–Crippen MR) is 98.1 cm³/mol. The van der Waals surface area contributed by atoms with Gasteiger partial charge in [0.25, 0.3) is 0 Å². The molecular weight excluding hydrogens is 324 g/mol. The van der Waals surface area contributed by atoms with Crippen LogP contribution < -0.4 is 5.32 Å². The molecule has 1 unspecified atom stereocenters. The smallest absolute Gasteiger partial charge is 0.224 e. The highest BCUT2D eigenvalue weighted by atomic mass is 32.2. The zero-order chi connectivity index (χ0) is 17.7. The van der Waals surface area contributed by atoms with Crippen molar-refractivity contribution in [1.82, 2.24) is 4.90 Å². The van der Waals surface area contributed by atoms with E-state index in [9.17, 15) is 13.2 Å². The maximum Gasteiger partial charge on any atom is 0.224 e. The van der Waals surface area contributed by atoms with Crippen molar-refractivity contribution in [3.8, 4) is 0 Å². The van der Waals surface area contributed by atoms with Gasteiger partial charge >= 0.3 is 0 Å². The number of amides is 1. The largest absolute Gasteiger partial charge is 0.384 e. The molecule has 1 atom stereocenters. The van der Waals surface area contributed by atoms with E-state index in [1.165, 1.54) is 11.1 Å². The Balaban J connectivity index is 1.93. The number of anilines is 1. The Morgan fingerprint density at radius 3 is 2.67 bits per heavy atom. The highest BCUT2D eigenvalue weighted by Crippen LogP contribution is 2.22. The van der Waals surface area contributed by atoms with Crippen LogP contribution in [0.25, 0.3) is 0 Å². The van der Waals surface area contributed by atoms with E-state index in [1.54, 1.807) is 4.90 Å². The van der Waals surface area contributed by atoms with Crippen LogP contribution in [0.5, 0.6) is 0 Å². The number of nitrogens with zero attached hydrogens (tertiary/aromatic N) is 1. The van der Waals surface area contributed by atoms with Gasteiger partial charge in [-0.15, -0.1) is 0 Å². The Labute approximate surface area is 145 Å². The van der Waals surface area contributed by atoms with Gasteiger partial charge in [0.1, 0.15) is 0 Å². The molecule has 6 heteroatoms. The van der Waals surface area contributed by atoms with Crippen LogP contribution in [0.15, 0.2) is 18.2 Å². The van der Waals surface area contributed by atoms with Gasteiger partial charge in [-0.2, -0.15) is 0 Å². The first-order valence-corrected chi connectivity index (χ1v) is 10.5. The molecule has 0 saturated carbocycles. The van der Waals surface area contributed by atoms with Gasteiger partial charge in [0.05, 0.1) is 11.5 Å². The van der Waals surface area contributed by atoms with E-state index in [0.29, 0.717) is 25.9 Å². The third-order valence-electron chi connectivity index (χ3n) is 4.69. The van der Waals surface area contributed by atoms with Crippen molar-refractivity contribution in [2.45, 2.75) is 46.1 Å². The topological polar surface area (TPSA) is 66.5 Å². The summed E-state index contributed by atoms with van der Waals surface area (Å²) in [5, 5.41) is 3.38. The fourth-order valence-electron chi connectivity index (χ4n) is 3.37. The molecule has 1 aliphatic heterocycles. The molecule has 1 amide bonds. The SMILES string of the molecule is CCc1cccc(C)c1NCCC(=O)N(CC)C1CCS(=O)(=O)C1. The fourth-order valence-corrected chi connectivity index (χ4v) is 5.10. The first kappa shape index (κ1) is 18.8. The molecule has 2 rings (SSSR count). The van der Waals surface area contributed by atoms with Gasteiger partial charge < -0.3 is 10.2 Å². The van der Waals surface area contributed by atoms with E-state index < -0.39 is 9.84 Å². The van der Waals surface area contributed by atoms with E-state index in [0.717, 1.165) is 12.1 Å². The number of benzene rings is 1. The second kappa shape index (κ2) is 8.01. The lowest BCUT2D eigenvalue weighted by molar-refractivity contribution is -0.132. The van der Waals surface area contributed by atoms with Crippen LogP contribution in [0.1, 0.15) is 37.8 Å². The predicted octanol–water partition coefficient (Wildman–Crippen LogP) is 2.40. The average Bonchev–Trinajstić information content (AvgIpc) is 2.89. The molecular formula is C18H28N2O3S. The normalized spacial score (nSPS) is 19.2. The number of hydrogen-bond acceptors (Lipinski definition) is 4. The van der Waals surface area contributed by atoms with Gasteiger partial charge in [-0.3, -0.25) is 4.79 Å². The van der Waals surface area contributed by atoms with Crippen LogP contribution >= 0.6 is 0 Å². The molecule has 0 bridgehead atoms. The summed E-state index contributed by atoms with van der Waals surface area (Å²) in [5.41, 5.74) is 3.53. The molecule has 1 N–H and O–H groups in total. The summed E-state index contributed by atoms with van der Waals surface area (Å²) in [5.74, 6) is 0.333. The monoisotopic (exact) mass is 352 g/mol. The lowest BCUT2D eigenvalue weighted by Gasteiger charge is -2.27. The van der Waals surface area contributed by atoms with Crippen molar-refractivity contribution >= 4 is 21.4 Å². The van der Waals surface area contributed by atoms with Crippen LogP contribution in [0.3, 0.4) is 0 Å². The summed E-state index contributed by atoms with van der Waals surface area (Å²) in [6.45, 7) is 7.21. The van der Waals surface area contributed by atoms with Crippen LogP contribution in [-0.2, 0) is 21.1 Å². The maximum absolute atomic E-state index is 12.5. The van der Waals surface area contributed by atoms with Gasteiger partial charge in [-0.1, -0.05) is 25.1 Å². The molecule has 1 saturated heterocycles. The molecule has 0 spiro atoms. The highest BCUT2D eigenvalue weighted by molar-refractivity contribution is 7.91. The van der Waals surface area contributed by atoms with Crippen molar-refractivity contribution in [1.29, 1.82) is 0 Å². The molecule has 1 heterocycles. The minimum absolute atomic E-state index is 0.0266. The second-order valence-corrected chi connectivity index (χ2v) is 8.60. The van der Waals surface area contributed by atoms with Crippen molar-refractivity contribution < 1.29 is 13.2 Å². The van der Waals surface area contributed by atoms with Crippen molar-refractivity contribution in [3.05, 3.63) is 29.3 Å². The van der Waals surface area contributed by atoms with E-state index in [1.807, 2.05) is 13.0 Å². The van der Waals surface area contributed by atoms with Crippen molar-refractivity contribution in [2.75, 3.05) is 29.9 Å². The van der Waals surface area contributed by atoms with E-state index >= 15 is 0 Å². The molecule has 5 nitrogen and oxygen atoms in total. The zero-order valence-corrected chi connectivity index (χ0v) is 15.7. The quantitative estimate of drug-likeness (QED) is 0.818. The summed E-state index contributed by atoms with van der Waals surface area (Å²) in [6, 6.07) is 6.05. The van der Waals surface area contributed by atoms with Crippen molar-refractivity contribution in [3.63, 3.8) is 0 Å². The Hall–Kier alpha value is -1.56. The van der Waals surface area contributed by atoms with E-state index in [2.05, 4.69) is 31.3 Å². The molecule has 1 aromatic carbocycles. The number of carbonyl (C=O) groups excluding carboxylic acids is 1. The van der Waals surface area contributed by atoms with Crippen LogP contribution in [-0.4, -0.2) is 49.9 Å². The minimum Gasteiger partial charge on any atom is -0.384 e. The Morgan fingerprint density at radius 2 is 2.08 bits per heavy atom. The molecule has 1 fully saturated rings. The molecule has 0 radical (unpaired) electrons. The second-order valence-electron chi connectivity index (χ2n) is 6.38. The van der Waals surface area contributed by atoms with Crippen molar-refractivity contribution in [2.24, 2.45) is 0 Å².